The van der Waals surface area contributed by atoms with Gasteiger partial charge in [-0.05, 0) is 37.3 Å². The van der Waals surface area contributed by atoms with Gasteiger partial charge >= 0.3 is 0 Å². The van der Waals surface area contributed by atoms with E-state index >= 15 is 0 Å². The average molecular weight is 318 g/mol. The number of hydrogen-bond acceptors (Lipinski definition) is 5. The second-order valence-electron chi connectivity index (χ2n) is 5.40. The molecule has 0 saturated heterocycles. The van der Waals surface area contributed by atoms with Crippen molar-refractivity contribution in [1.29, 1.82) is 0 Å². The summed E-state index contributed by atoms with van der Waals surface area (Å²) < 4.78 is 5.62. The fraction of sp³-hybridized carbons (Fsp3) is 0.0556. The van der Waals surface area contributed by atoms with Gasteiger partial charge in [0.25, 0.3) is 0 Å². The van der Waals surface area contributed by atoms with Gasteiger partial charge in [-0.15, -0.1) is 0 Å². The lowest BCUT2D eigenvalue weighted by Crippen LogP contribution is -1.93. The van der Waals surface area contributed by atoms with Gasteiger partial charge in [0, 0.05) is 11.9 Å². The highest BCUT2D eigenvalue weighted by Gasteiger charge is 2.10. The number of carbonyl (C=O) groups is 1. The smallest absolute Gasteiger partial charge is 0.232 e. The number of hydrogen-bond donors (Lipinski definition) is 2. The zero-order valence-corrected chi connectivity index (χ0v) is 12.9. The molecule has 2 aromatic heterocycles. The molecule has 0 atom stereocenters. The van der Waals surface area contributed by atoms with Crippen LogP contribution in [0.5, 0.6) is 0 Å². The fourth-order valence-corrected chi connectivity index (χ4v) is 2.53. The molecule has 0 amide bonds. The van der Waals surface area contributed by atoms with Gasteiger partial charge in [0.2, 0.25) is 5.89 Å². The number of rotatable bonds is 4. The topological polar surface area (TPSA) is 83.8 Å². The Hall–Kier alpha value is -3.41. The third-order valence-electron chi connectivity index (χ3n) is 3.66. The number of aldehydes is 1. The van der Waals surface area contributed by atoms with Crippen molar-refractivity contribution in [1.82, 2.24) is 15.0 Å². The standard InChI is InChI=1S/C18H14N4O2/c1-11-20-14-7-6-13(8-16(14)21-11)19-9-12(10-23)18-22-15-4-2-3-5-17(15)24-18/h2-10,19H,1H3,(H,20,21). The molecular formula is C18H14N4O2. The molecule has 0 aliphatic rings. The summed E-state index contributed by atoms with van der Waals surface area (Å²) in [6.45, 7) is 1.91. The number of carbonyl (C=O) groups excluding carboxylic acids is 1. The highest BCUT2D eigenvalue weighted by molar-refractivity contribution is 6.06. The van der Waals surface area contributed by atoms with E-state index in [1.54, 1.807) is 6.20 Å². The van der Waals surface area contributed by atoms with Gasteiger partial charge in [0.15, 0.2) is 11.9 Å². The summed E-state index contributed by atoms with van der Waals surface area (Å²) >= 11 is 0. The van der Waals surface area contributed by atoms with E-state index in [1.165, 1.54) is 0 Å². The molecule has 0 radical (unpaired) electrons. The van der Waals surface area contributed by atoms with Crippen LogP contribution < -0.4 is 5.32 Å². The number of imidazole rings is 1. The second kappa shape index (κ2) is 5.66. The third-order valence-corrected chi connectivity index (χ3v) is 3.66. The first kappa shape index (κ1) is 14.2. The molecule has 0 aliphatic carbocycles. The van der Waals surface area contributed by atoms with Crippen LogP contribution in [-0.4, -0.2) is 21.2 Å². The normalized spacial score (nSPS) is 12.0. The zero-order chi connectivity index (χ0) is 16.5. The molecule has 0 unspecified atom stereocenters. The number of anilines is 1. The number of nitrogens with one attached hydrogen (secondary N) is 2. The van der Waals surface area contributed by atoms with Crippen molar-refractivity contribution in [2.24, 2.45) is 0 Å². The molecule has 24 heavy (non-hydrogen) atoms. The first-order valence-corrected chi connectivity index (χ1v) is 7.47. The van der Waals surface area contributed by atoms with Gasteiger partial charge < -0.3 is 14.7 Å². The Morgan fingerprint density at radius 1 is 1.17 bits per heavy atom. The maximum atomic E-state index is 11.4. The molecule has 2 aromatic carbocycles. The summed E-state index contributed by atoms with van der Waals surface area (Å²) in [4.78, 5) is 23.3. The molecule has 118 valence electrons. The third kappa shape index (κ3) is 2.54. The van der Waals surface area contributed by atoms with Crippen molar-refractivity contribution in [3.05, 3.63) is 60.4 Å². The Morgan fingerprint density at radius 2 is 2.04 bits per heavy atom. The van der Waals surface area contributed by atoms with E-state index < -0.39 is 0 Å². The Kier molecular flexibility index (Phi) is 3.35. The van der Waals surface area contributed by atoms with Crippen molar-refractivity contribution in [2.75, 3.05) is 5.32 Å². The van der Waals surface area contributed by atoms with Crippen molar-refractivity contribution in [2.45, 2.75) is 6.92 Å². The minimum absolute atomic E-state index is 0.289. The molecule has 2 heterocycles. The van der Waals surface area contributed by atoms with Gasteiger partial charge in [-0.2, -0.15) is 0 Å². The molecule has 6 heteroatoms. The number of allylic oxidation sites excluding steroid dienone is 1. The molecule has 6 nitrogen and oxygen atoms in total. The van der Waals surface area contributed by atoms with Gasteiger partial charge in [0.05, 0.1) is 16.6 Å². The molecule has 0 bridgehead atoms. The Morgan fingerprint density at radius 3 is 2.88 bits per heavy atom. The van der Waals surface area contributed by atoms with Crippen LogP contribution in [0.2, 0.25) is 0 Å². The van der Waals surface area contributed by atoms with Crippen LogP contribution in [0.1, 0.15) is 11.7 Å². The van der Waals surface area contributed by atoms with E-state index in [-0.39, 0.29) is 5.89 Å². The average Bonchev–Trinajstić information content (AvgIpc) is 3.17. The second-order valence-corrected chi connectivity index (χ2v) is 5.40. The number of H-pyrrole nitrogens is 1. The highest BCUT2D eigenvalue weighted by Crippen LogP contribution is 2.21. The Balaban J connectivity index is 1.64. The number of fused-ring (bicyclic) bond motifs is 2. The Labute approximate surface area is 137 Å². The van der Waals surface area contributed by atoms with Gasteiger partial charge in [-0.25, -0.2) is 9.97 Å². The van der Waals surface area contributed by atoms with Crippen LogP contribution >= 0.6 is 0 Å². The van der Waals surface area contributed by atoms with Crippen molar-refractivity contribution < 1.29 is 9.21 Å². The van der Waals surface area contributed by atoms with E-state index in [2.05, 4.69) is 20.3 Å². The summed E-state index contributed by atoms with van der Waals surface area (Å²) in [6.07, 6.45) is 2.30. The van der Waals surface area contributed by atoms with Crippen LogP contribution in [0.3, 0.4) is 0 Å². The number of aromatic amines is 1. The number of aromatic nitrogens is 3. The van der Waals surface area contributed by atoms with Gasteiger partial charge in [-0.1, -0.05) is 12.1 Å². The number of oxazole rings is 1. The minimum atomic E-state index is 0.289. The lowest BCUT2D eigenvalue weighted by Gasteiger charge is -2.01. The van der Waals surface area contributed by atoms with E-state index in [4.69, 9.17) is 4.42 Å². The summed E-state index contributed by atoms with van der Waals surface area (Å²) in [6, 6.07) is 13.1. The molecule has 4 rings (SSSR count). The maximum Gasteiger partial charge on any atom is 0.232 e. The zero-order valence-electron chi connectivity index (χ0n) is 12.9. The van der Waals surface area contributed by atoms with Crippen LogP contribution in [0.4, 0.5) is 5.69 Å². The number of aryl methyl sites for hydroxylation is 1. The van der Waals surface area contributed by atoms with Crippen molar-refractivity contribution >= 4 is 39.7 Å². The summed E-state index contributed by atoms with van der Waals surface area (Å²) in [7, 11) is 0. The summed E-state index contributed by atoms with van der Waals surface area (Å²) in [5.41, 5.74) is 4.37. The van der Waals surface area contributed by atoms with E-state index in [1.807, 2.05) is 49.4 Å². The Bertz CT molecular complexity index is 1040. The van der Waals surface area contributed by atoms with Crippen molar-refractivity contribution in [3.8, 4) is 0 Å². The first-order chi connectivity index (χ1) is 11.7. The molecule has 4 aromatic rings. The molecule has 0 fully saturated rings. The quantitative estimate of drug-likeness (QED) is 0.443. The molecule has 0 aliphatic heterocycles. The van der Waals surface area contributed by atoms with Crippen LogP contribution in [0.25, 0.3) is 27.7 Å². The first-order valence-electron chi connectivity index (χ1n) is 7.47. The largest absolute Gasteiger partial charge is 0.436 e. The summed E-state index contributed by atoms with van der Waals surface area (Å²) in [5, 5.41) is 3.10. The number of para-hydroxylation sites is 2. The minimum Gasteiger partial charge on any atom is -0.436 e. The van der Waals surface area contributed by atoms with Crippen LogP contribution in [-0.2, 0) is 4.79 Å². The predicted octanol–water partition coefficient (Wildman–Crippen LogP) is 3.66. The summed E-state index contributed by atoms with van der Waals surface area (Å²) in [5.74, 6) is 1.15. The SMILES string of the molecule is Cc1nc2ccc(NC=C(C=O)c3nc4ccccc4o3)cc2[nH]1. The van der Waals surface area contributed by atoms with E-state index in [0.29, 0.717) is 11.2 Å². The highest BCUT2D eigenvalue weighted by atomic mass is 16.3. The predicted molar refractivity (Wildman–Crippen MR) is 92.5 cm³/mol. The van der Waals surface area contributed by atoms with E-state index in [9.17, 15) is 4.79 Å². The van der Waals surface area contributed by atoms with Gasteiger partial charge in [0.1, 0.15) is 11.3 Å². The lowest BCUT2D eigenvalue weighted by atomic mass is 10.2. The molecule has 0 spiro atoms. The molecule has 0 saturated carbocycles. The molecule has 2 N–H and O–H groups in total. The maximum absolute atomic E-state index is 11.4. The molecular weight excluding hydrogens is 304 g/mol. The van der Waals surface area contributed by atoms with Crippen LogP contribution in [0, 0.1) is 6.92 Å². The van der Waals surface area contributed by atoms with E-state index in [0.717, 1.165) is 34.3 Å². The van der Waals surface area contributed by atoms with Gasteiger partial charge in [-0.3, -0.25) is 4.79 Å². The van der Waals surface area contributed by atoms with Crippen molar-refractivity contribution in [3.63, 3.8) is 0 Å². The fourth-order valence-electron chi connectivity index (χ4n) is 2.53. The number of benzene rings is 2. The number of nitrogens with zero attached hydrogens (tertiary/aromatic N) is 2. The lowest BCUT2D eigenvalue weighted by molar-refractivity contribution is -0.103. The monoisotopic (exact) mass is 318 g/mol. The van der Waals surface area contributed by atoms with Crippen LogP contribution in [0.15, 0.2) is 53.1 Å².